The first kappa shape index (κ1) is 19.3. The molecule has 1 aliphatic carbocycles. The van der Waals surface area contributed by atoms with E-state index in [2.05, 4.69) is 9.69 Å². The quantitative estimate of drug-likeness (QED) is 0.429. The Morgan fingerprint density at radius 3 is 2.50 bits per heavy atom. The van der Waals surface area contributed by atoms with Crippen LogP contribution >= 0.6 is 12.4 Å². The zero-order valence-corrected chi connectivity index (χ0v) is 15.5. The van der Waals surface area contributed by atoms with Crippen LogP contribution in [0.5, 0.6) is 0 Å². The topological polar surface area (TPSA) is 67.3 Å². The second-order valence-corrected chi connectivity index (χ2v) is 4.05. The molecule has 0 saturated carbocycles. The van der Waals surface area contributed by atoms with Gasteiger partial charge in [0.1, 0.15) is 5.76 Å². The van der Waals surface area contributed by atoms with Gasteiger partial charge >= 0.3 is 5.71 Å². The number of hydrogen-bond donors (Lipinski definition) is 0. The zero-order chi connectivity index (χ0) is 13.0. The van der Waals surface area contributed by atoms with Crippen LogP contribution < -0.4 is 0 Å². The first-order valence-corrected chi connectivity index (χ1v) is 5.85. The summed E-state index contributed by atoms with van der Waals surface area (Å²) in [6.07, 6.45) is 3.24. The van der Waals surface area contributed by atoms with Crippen LogP contribution in [0.1, 0.15) is 0 Å². The maximum Gasteiger partial charge on any atom is 0.328 e. The minimum atomic E-state index is -0.355. The Labute approximate surface area is 137 Å². The van der Waals surface area contributed by atoms with Gasteiger partial charge in [-0.1, -0.05) is 0 Å². The summed E-state index contributed by atoms with van der Waals surface area (Å²) in [5.74, 6) is 0.679. The Hall–Kier alpha value is -0.707. The Bertz CT molecular complexity index is 430. The summed E-state index contributed by atoms with van der Waals surface area (Å²) < 4.78 is 16.0. The van der Waals surface area contributed by atoms with Crippen LogP contribution in [0.4, 0.5) is 0 Å². The average Bonchev–Trinajstić information content (AvgIpc) is 2.46. The molecule has 108 valence electrons. The molecule has 1 saturated heterocycles. The van der Waals surface area contributed by atoms with Crippen molar-refractivity contribution in [1.82, 2.24) is 4.90 Å². The Morgan fingerprint density at radius 1 is 1.35 bits per heavy atom. The molecule has 0 N–H and O–H groups in total. The summed E-state index contributed by atoms with van der Waals surface area (Å²) in [6.45, 7) is 3.03. The molecule has 1 atom stereocenters. The fourth-order valence-corrected chi connectivity index (χ4v) is 2.10. The van der Waals surface area contributed by atoms with Crippen molar-refractivity contribution in [3.8, 4) is 0 Å². The molecule has 0 radical (unpaired) electrons. The number of halogens is 1. The van der Waals surface area contributed by atoms with Crippen molar-refractivity contribution in [2.75, 3.05) is 40.5 Å². The number of methoxy groups -OCH3 is 2. The molecule has 1 fully saturated rings. The van der Waals surface area contributed by atoms with Crippen molar-refractivity contribution in [2.24, 2.45) is 0 Å². The molecule has 1 unspecified atom stereocenters. The first-order chi connectivity index (χ1) is 8.80. The van der Waals surface area contributed by atoms with E-state index in [1.807, 2.05) is 6.08 Å². The maximum absolute atomic E-state index is 8.95. The predicted octanol–water partition coefficient (Wildman–Crippen LogP) is 0.851. The van der Waals surface area contributed by atoms with Gasteiger partial charge in [-0.3, -0.25) is 0 Å². The van der Waals surface area contributed by atoms with E-state index in [4.69, 9.17) is 19.7 Å². The zero-order valence-electron chi connectivity index (χ0n) is 11.7. The van der Waals surface area contributed by atoms with Gasteiger partial charge in [-0.05, 0) is 6.08 Å². The van der Waals surface area contributed by atoms with Crippen LogP contribution in [-0.4, -0.2) is 62.0 Å². The van der Waals surface area contributed by atoms with Gasteiger partial charge in [-0.15, -0.1) is 12.4 Å². The summed E-state index contributed by atoms with van der Waals surface area (Å²) in [5.41, 5.74) is 10.3. The van der Waals surface area contributed by atoms with Gasteiger partial charge in [0.25, 0.3) is 0 Å². The van der Waals surface area contributed by atoms with Gasteiger partial charge in [0.2, 0.25) is 0 Å². The summed E-state index contributed by atoms with van der Waals surface area (Å²) in [6, 6.07) is 0. The number of ether oxygens (including phenoxy) is 3. The van der Waals surface area contributed by atoms with Crippen molar-refractivity contribution in [3.63, 3.8) is 0 Å². The molecule has 2 rings (SSSR count). The molecule has 0 aromatic carbocycles. The average molecular weight is 353 g/mol. The summed E-state index contributed by atoms with van der Waals surface area (Å²) in [5, 5.41) is 0. The first-order valence-electron chi connectivity index (χ1n) is 5.85. The largest absolute Gasteiger partial charge is 0.494 e. The summed E-state index contributed by atoms with van der Waals surface area (Å²) in [4.78, 5) is 5.40. The molecular formula is C12H18ClN3O3Zn. The second kappa shape index (κ2) is 9.27. The molecule has 0 aromatic rings. The van der Waals surface area contributed by atoms with E-state index in [1.54, 1.807) is 20.3 Å². The minimum absolute atomic E-state index is 0. The second-order valence-electron chi connectivity index (χ2n) is 4.05. The van der Waals surface area contributed by atoms with E-state index < -0.39 is 0 Å². The van der Waals surface area contributed by atoms with Gasteiger partial charge in [0, 0.05) is 39.7 Å². The minimum Gasteiger partial charge on any atom is -0.494 e. The van der Waals surface area contributed by atoms with E-state index in [-0.39, 0.29) is 38.0 Å². The van der Waals surface area contributed by atoms with E-state index >= 15 is 0 Å². The SMILES string of the molecule is COC1=CC(=[N+]=[N-])C(OC)C=C1N1CCOCC1.Cl.[Zn]. The number of nitrogens with zero attached hydrogens (tertiary/aromatic N) is 3. The molecule has 0 amide bonds. The Balaban J connectivity index is 0.00000180. The van der Waals surface area contributed by atoms with Gasteiger partial charge in [-0.2, -0.15) is 4.79 Å². The van der Waals surface area contributed by atoms with Gasteiger partial charge < -0.3 is 24.6 Å². The molecule has 0 bridgehead atoms. The van der Waals surface area contributed by atoms with Gasteiger partial charge in [0.05, 0.1) is 32.1 Å². The molecule has 8 heteroatoms. The van der Waals surface area contributed by atoms with Crippen LogP contribution in [0.3, 0.4) is 0 Å². The van der Waals surface area contributed by atoms with Crippen molar-refractivity contribution < 1.29 is 38.5 Å². The Kier molecular flexibility index (Phi) is 8.94. The molecule has 20 heavy (non-hydrogen) atoms. The fourth-order valence-electron chi connectivity index (χ4n) is 2.10. The molecule has 1 heterocycles. The smallest absolute Gasteiger partial charge is 0.328 e. The third-order valence-electron chi connectivity index (χ3n) is 3.07. The molecule has 6 nitrogen and oxygen atoms in total. The van der Waals surface area contributed by atoms with Crippen molar-refractivity contribution in [1.29, 1.82) is 0 Å². The number of morpholine rings is 1. The van der Waals surface area contributed by atoms with E-state index in [0.717, 1.165) is 18.8 Å². The molecule has 0 aromatic heterocycles. The van der Waals surface area contributed by atoms with Crippen LogP contribution in [-0.2, 0) is 33.7 Å². The molecule has 2 aliphatic rings. The van der Waals surface area contributed by atoms with Crippen LogP contribution in [0.2, 0.25) is 0 Å². The monoisotopic (exact) mass is 351 g/mol. The predicted molar refractivity (Wildman–Crippen MR) is 72.2 cm³/mol. The molecular weight excluding hydrogens is 335 g/mol. The van der Waals surface area contributed by atoms with E-state index in [0.29, 0.717) is 24.7 Å². The summed E-state index contributed by atoms with van der Waals surface area (Å²) in [7, 11) is 3.18. The van der Waals surface area contributed by atoms with Gasteiger partial charge in [-0.25, -0.2) is 0 Å². The molecule has 1 aliphatic heterocycles. The van der Waals surface area contributed by atoms with Crippen molar-refractivity contribution in [2.45, 2.75) is 6.10 Å². The van der Waals surface area contributed by atoms with Crippen molar-refractivity contribution >= 4 is 18.1 Å². The number of hydrogen-bond acceptors (Lipinski definition) is 4. The third kappa shape index (κ3) is 4.14. The maximum atomic E-state index is 8.95. The third-order valence-corrected chi connectivity index (χ3v) is 3.07. The van der Waals surface area contributed by atoms with Crippen LogP contribution in [0.15, 0.2) is 23.6 Å². The fraction of sp³-hybridized carbons (Fsp3) is 0.583. The van der Waals surface area contributed by atoms with Crippen LogP contribution in [0.25, 0.3) is 5.53 Å². The Morgan fingerprint density at radius 2 is 2.00 bits per heavy atom. The van der Waals surface area contributed by atoms with Gasteiger partial charge in [0.15, 0.2) is 6.10 Å². The van der Waals surface area contributed by atoms with Crippen molar-refractivity contribution in [3.05, 3.63) is 29.1 Å². The normalized spacial score (nSPS) is 21.8. The molecule has 0 spiro atoms. The standard InChI is InChI=1S/C12H17N3O3.ClH.Zn/c1-16-11-8-10(15-3-5-18-6-4-15)12(17-2)7-9(11)14-13;;/h7-8,11H,3-6H2,1-2H3;1H;. The summed E-state index contributed by atoms with van der Waals surface area (Å²) >= 11 is 0. The number of rotatable bonds is 3. The van der Waals surface area contributed by atoms with Crippen LogP contribution in [0, 0.1) is 0 Å². The van der Waals surface area contributed by atoms with E-state index in [1.165, 1.54) is 0 Å². The van der Waals surface area contributed by atoms with E-state index in [9.17, 15) is 0 Å².